The van der Waals surface area contributed by atoms with Crippen LogP contribution in [0, 0.1) is 5.41 Å². The molecule has 0 spiro atoms. The first-order valence-electron chi connectivity index (χ1n) is 12.1. The van der Waals surface area contributed by atoms with Gasteiger partial charge in [-0.2, -0.15) is 10.2 Å². The lowest BCUT2D eigenvalue weighted by atomic mass is 9.82. The molecule has 1 atom stereocenters. The van der Waals surface area contributed by atoms with Crippen LogP contribution in [0.3, 0.4) is 0 Å². The van der Waals surface area contributed by atoms with Gasteiger partial charge in [0.05, 0.1) is 24.2 Å². The van der Waals surface area contributed by atoms with Crippen LogP contribution in [0.2, 0.25) is 0 Å². The van der Waals surface area contributed by atoms with Crippen molar-refractivity contribution < 1.29 is 9.53 Å². The van der Waals surface area contributed by atoms with E-state index in [9.17, 15) is 4.79 Å². The highest BCUT2D eigenvalue weighted by atomic mass is 16.5. The highest BCUT2D eigenvalue weighted by Crippen LogP contribution is 2.28. The standard InChI is InChI=1S/C27H31N7O2/c1-27(2)17-36-10-8-25(27)31-26(35)24-13-19(12-23(30-24)22-7-9-33(3)32-22)11-18-5-6-21(28-14-18)20-15-29-34(4)16-20/h5-7,9,12-16,25H,8,10-11,17H2,1-4H3,(H,31,35). The Labute approximate surface area is 210 Å². The fraction of sp³-hybridized carbons (Fsp3) is 0.370. The SMILES string of the molecule is Cn1cc(-c2ccc(Cc3cc(C(=O)NC4CCOCC4(C)C)nc(-c4ccn(C)n4)c3)cn2)cn1. The van der Waals surface area contributed by atoms with Crippen LogP contribution in [0.25, 0.3) is 22.6 Å². The molecule has 0 bridgehead atoms. The fourth-order valence-electron chi connectivity index (χ4n) is 4.50. The summed E-state index contributed by atoms with van der Waals surface area (Å²) in [5, 5.41) is 11.9. The van der Waals surface area contributed by atoms with Crippen LogP contribution in [0.15, 0.2) is 55.1 Å². The largest absolute Gasteiger partial charge is 0.381 e. The lowest BCUT2D eigenvalue weighted by molar-refractivity contribution is -0.0116. The molecule has 1 amide bonds. The number of carbonyl (C=O) groups is 1. The Kier molecular flexibility index (Phi) is 6.40. The van der Waals surface area contributed by atoms with Gasteiger partial charge in [0, 0.05) is 56.3 Å². The van der Waals surface area contributed by atoms with Gasteiger partial charge >= 0.3 is 0 Å². The summed E-state index contributed by atoms with van der Waals surface area (Å²) in [5.74, 6) is -0.181. The summed E-state index contributed by atoms with van der Waals surface area (Å²) in [6.07, 6.45) is 8.87. The van der Waals surface area contributed by atoms with Crippen molar-refractivity contribution in [2.24, 2.45) is 19.5 Å². The van der Waals surface area contributed by atoms with Crippen molar-refractivity contribution in [3.05, 3.63) is 71.9 Å². The molecule has 0 saturated carbocycles. The van der Waals surface area contributed by atoms with Crippen LogP contribution in [-0.4, -0.2) is 54.7 Å². The highest BCUT2D eigenvalue weighted by molar-refractivity contribution is 5.93. The third-order valence-electron chi connectivity index (χ3n) is 6.60. The van der Waals surface area contributed by atoms with Crippen molar-refractivity contribution in [3.63, 3.8) is 0 Å². The zero-order chi connectivity index (χ0) is 25.3. The van der Waals surface area contributed by atoms with E-state index in [1.165, 1.54) is 0 Å². The van der Waals surface area contributed by atoms with Gasteiger partial charge in [0.25, 0.3) is 5.91 Å². The summed E-state index contributed by atoms with van der Waals surface area (Å²) >= 11 is 0. The first-order valence-corrected chi connectivity index (χ1v) is 12.1. The van der Waals surface area contributed by atoms with E-state index in [1.807, 2.05) is 57.0 Å². The molecule has 36 heavy (non-hydrogen) atoms. The molecule has 5 heterocycles. The van der Waals surface area contributed by atoms with E-state index in [0.717, 1.165) is 34.5 Å². The van der Waals surface area contributed by atoms with Crippen molar-refractivity contribution in [1.82, 2.24) is 34.8 Å². The monoisotopic (exact) mass is 485 g/mol. The first-order chi connectivity index (χ1) is 17.3. The minimum Gasteiger partial charge on any atom is -0.381 e. The van der Waals surface area contributed by atoms with Crippen LogP contribution in [0.4, 0.5) is 0 Å². The lowest BCUT2D eigenvalue weighted by Gasteiger charge is -2.38. The van der Waals surface area contributed by atoms with Gasteiger partial charge in [-0.3, -0.25) is 19.1 Å². The second-order valence-electron chi connectivity index (χ2n) is 10.1. The number of amides is 1. The second-order valence-corrected chi connectivity index (χ2v) is 10.1. The maximum absolute atomic E-state index is 13.3. The van der Waals surface area contributed by atoms with Gasteiger partial charge in [-0.25, -0.2) is 4.98 Å². The van der Waals surface area contributed by atoms with Gasteiger partial charge in [-0.15, -0.1) is 0 Å². The van der Waals surface area contributed by atoms with Crippen LogP contribution in [0.1, 0.15) is 41.9 Å². The normalized spacial score (nSPS) is 17.2. The molecule has 0 aliphatic carbocycles. The molecule has 0 aromatic carbocycles. The molecule has 186 valence electrons. The van der Waals surface area contributed by atoms with Crippen molar-refractivity contribution >= 4 is 5.91 Å². The van der Waals surface area contributed by atoms with Crippen molar-refractivity contribution in [2.45, 2.75) is 32.7 Å². The average molecular weight is 486 g/mol. The van der Waals surface area contributed by atoms with E-state index >= 15 is 0 Å². The Morgan fingerprint density at radius 2 is 1.94 bits per heavy atom. The molecule has 1 unspecified atom stereocenters. The fourth-order valence-corrected chi connectivity index (χ4v) is 4.50. The summed E-state index contributed by atoms with van der Waals surface area (Å²) in [7, 11) is 3.75. The molecular weight excluding hydrogens is 454 g/mol. The quantitative estimate of drug-likeness (QED) is 0.449. The average Bonchev–Trinajstić information content (AvgIpc) is 3.49. The number of ether oxygens (including phenoxy) is 1. The van der Waals surface area contributed by atoms with E-state index in [4.69, 9.17) is 4.74 Å². The number of nitrogens with zero attached hydrogens (tertiary/aromatic N) is 6. The minimum absolute atomic E-state index is 0.0201. The first kappa shape index (κ1) is 23.9. The molecule has 1 aliphatic heterocycles. The Morgan fingerprint density at radius 1 is 1.08 bits per heavy atom. The maximum Gasteiger partial charge on any atom is 0.270 e. The van der Waals surface area contributed by atoms with E-state index in [-0.39, 0.29) is 17.4 Å². The molecule has 9 nitrogen and oxygen atoms in total. The number of aryl methyl sites for hydroxylation is 2. The van der Waals surface area contributed by atoms with Crippen LogP contribution in [0.5, 0.6) is 0 Å². The zero-order valence-electron chi connectivity index (χ0n) is 21.1. The van der Waals surface area contributed by atoms with Crippen LogP contribution in [-0.2, 0) is 25.3 Å². The Bertz CT molecular complexity index is 1370. The van der Waals surface area contributed by atoms with Crippen molar-refractivity contribution in [1.29, 1.82) is 0 Å². The van der Waals surface area contributed by atoms with Crippen LogP contribution >= 0.6 is 0 Å². The molecule has 0 radical (unpaired) electrons. The number of hydrogen-bond acceptors (Lipinski definition) is 6. The Balaban J connectivity index is 1.42. The molecule has 1 fully saturated rings. The van der Waals surface area contributed by atoms with Gasteiger partial charge in [-0.1, -0.05) is 19.9 Å². The second kappa shape index (κ2) is 9.66. The summed E-state index contributed by atoms with van der Waals surface area (Å²) in [4.78, 5) is 22.6. The van der Waals surface area contributed by atoms with Gasteiger partial charge in [0.2, 0.25) is 0 Å². The maximum atomic E-state index is 13.3. The molecule has 4 aromatic heterocycles. The molecule has 5 rings (SSSR count). The smallest absolute Gasteiger partial charge is 0.270 e. The van der Waals surface area contributed by atoms with E-state index in [1.54, 1.807) is 15.6 Å². The molecule has 1 aliphatic rings. The molecule has 1 N–H and O–H groups in total. The highest BCUT2D eigenvalue weighted by Gasteiger charge is 2.34. The van der Waals surface area contributed by atoms with Gasteiger partial charge in [0.15, 0.2) is 0 Å². The predicted molar refractivity (Wildman–Crippen MR) is 136 cm³/mol. The third kappa shape index (κ3) is 5.21. The number of aromatic nitrogens is 6. The van der Waals surface area contributed by atoms with E-state index in [0.29, 0.717) is 31.0 Å². The van der Waals surface area contributed by atoms with Gasteiger partial charge < -0.3 is 10.1 Å². The minimum atomic E-state index is -0.181. The van der Waals surface area contributed by atoms with E-state index in [2.05, 4.69) is 45.4 Å². The molecule has 9 heteroatoms. The van der Waals surface area contributed by atoms with Gasteiger partial charge in [-0.05, 0) is 48.2 Å². The summed E-state index contributed by atoms with van der Waals surface area (Å²) in [6.45, 7) is 5.49. The third-order valence-corrected chi connectivity index (χ3v) is 6.60. The predicted octanol–water partition coefficient (Wildman–Crippen LogP) is 3.41. The zero-order valence-corrected chi connectivity index (χ0v) is 21.1. The summed E-state index contributed by atoms with van der Waals surface area (Å²) in [5.41, 5.74) is 5.49. The van der Waals surface area contributed by atoms with E-state index < -0.39 is 0 Å². The number of nitrogens with one attached hydrogen (secondary N) is 1. The van der Waals surface area contributed by atoms with Crippen LogP contribution < -0.4 is 5.32 Å². The summed E-state index contributed by atoms with van der Waals surface area (Å²) < 4.78 is 9.11. The topological polar surface area (TPSA) is 99.8 Å². The summed E-state index contributed by atoms with van der Waals surface area (Å²) in [6, 6.07) is 9.83. The number of carbonyl (C=O) groups excluding carboxylic acids is 1. The molecular formula is C27H31N7O2. The van der Waals surface area contributed by atoms with Crippen molar-refractivity contribution in [3.8, 4) is 22.6 Å². The number of hydrogen-bond donors (Lipinski definition) is 1. The lowest BCUT2D eigenvalue weighted by Crippen LogP contribution is -2.50. The Hall–Kier alpha value is -3.85. The van der Waals surface area contributed by atoms with Gasteiger partial charge in [0.1, 0.15) is 11.4 Å². The van der Waals surface area contributed by atoms with Crippen molar-refractivity contribution in [2.75, 3.05) is 13.2 Å². The Morgan fingerprint density at radius 3 is 2.61 bits per heavy atom. The number of pyridine rings is 2. The molecule has 4 aromatic rings. The number of rotatable bonds is 6. The molecule has 1 saturated heterocycles.